The van der Waals surface area contributed by atoms with Crippen molar-refractivity contribution in [3.63, 3.8) is 0 Å². The van der Waals surface area contributed by atoms with Crippen molar-refractivity contribution in [2.75, 3.05) is 0 Å². The van der Waals surface area contributed by atoms with Gasteiger partial charge in [-0.05, 0) is 0 Å². The third-order valence-electron chi connectivity index (χ3n) is 0.200. The molecule has 11 heteroatoms. The molecule has 0 aromatic rings. The van der Waals surface area contributed by atoms with Crippen LogP contribution in [0.4, 0.5) is 0 Å². The van der Waals surface area contributed by atoms with Gasteiger partial charge < -0.3 is 0 Å². The molecule has 2 N–H and O–H groups in total. The van der Waals surface area contributed by atoms with Crippen LogP contribution in [0.1, 0.15) is 0 Å². The molecule has 0 amide bonds. The van der Waals surface area contributed by atoms with Crippen LogP contribution in [-0.4, -0.2) is 25.9 Å². The molecule has 0 atom stereocenters. The van der Waals surface area contributed by atoms with Gasteiger partial charge in [0.1, 0.15) is 0 Å². The van der Waals surface area contributed by atoms with Crippen molar-refractivity contribution in [2.24, 2.45) is 0 Å². The van der Waals surface area contributed by atoms with Gasteiger partial charge in [0.05, 0.1) is 0 Å². The van der Waals surface area contributed by atoms with E-state index in [9.17, 15) is 16.8 Å². The monoisotopic (exact) mass is 322 g/mol. The number of rotatable bonds is 3. The normalized spacial score (nSPS) is 12.2. The van der Waals surface area contributed by atoms with E-state index in [1.165, 1.54) is 0 Å². The number of hydrogen-bond donors (Lipinski definition) is 2. The number of halogens is 1. The first-order chi connectivity index (χ1) is 4.21. The lowest BCUT2D eigenvalue weighted by Gasteiger charge is -1.92. The Morgan fingerprint density at radius 1 is 0.818 bits per heavy atom. The second-order valence-corrected chi connectivity index (χ2v) is 2.97. The van der Waals surface area contributed by atoms with Crippen LogP contribution in [0, 0.1) is 0 Å². The summed E-state index contributed by atoms with van der Waals surface area (Å²) in [5.74, 6) is 0. The van der Waals surface area contributed by atoms with E-state index in [0.29, 0.717) is 0 Å². The predicted molar refractivity (Wildman–Crippen MR) is 40.7 cm³/mol. The summed E-state index contributed by atoms with van der Waals surface area (Å²) in [6, 6.07) is 0. The van der Waals surface area contributed by atoms with Crippen molar-refractivity contribution in [1.82, 2.24) is 0 Å². The summed E-state index contributed by atoms with van der Waals surface area (Å²) >= 11 is 0. The first kappa shape index (κ1) is 14.0. The fraction of sp³-hybridized carbons (Fsp3) is 0. The topological polar surface area (TPSA) is 127 Å². The summed E-state index contributed by atoms with van der Waals surface area (Å²) in [7, 11) is -10.0. The molecule has 0 aliphatic rings. The van der Waals surface area contributed by atoms with E-state index in [1.54, 1.807) is 0 Å². The molecule has 0 aliphatic carbocycles. The molecule has 0 saturated carbocycles. The minimum absolute atomic E-state index is 0. The van der Waals surface area contributed by atoms with Crippen molar-refractivity contribution >= 4 is 44.8 Å². The van der Waals surface area contributed by atoms with Crippen LogP contribution in [0.3, 0.4) is 0 Å². The van der Waals surface area contributed by atoms with Gasteiger partial charge in [-0.2, -0.15) is 16.8 Å². The lowest BCUT2D eigenvalue weighted by Crippen LogP contribution is -2.10. The Kier molecular flexibility index (Phi) is 5.72. The fourth-order valence-electron chi connectivity index (χ4n) is 0.0702. The van der Waals surface area contributed by atoms with Crippen LogP contribution in [0.5, 0.6) is 0 Å². The van der Waals surface area contributed by atoms with Gasteiger partial charge in [-0.25, -0.2) is 0 Å². The number of hydrogen-bond acceptors (Lipinski definition) is 6. The Bertz CT molecular complexity index is 248. The van der Waals surface area contributed by atoms with E-state index in [-0.39, 0.29) is 24.0 Å². The van der Waals surface area contributed by atoms with E-state index < -0.39 is 20.8 Å². The van der Waals surface area contributed by atoms with E-state index in [1.807, 2.05) is 0 Å². The molecule has 0 aromatic heterocycles. The van der Waals surface area contributed by atoms with Gasteiger partial charge in [0, 0.05) is 0 Å². The van der Waals surface area contributed by atoms with Gasteiger partial charge in [0.2, 0.25) is 0 Å². The zero-order chi connectivity index (χ0) is 8.41. The Morgan fingerprint density at radius 2 is 1.00 bits per heavy atom. The molecule has 0 rings (SSSR count). The zero-order valence-corrected chi connectivity index (χ0v) is 8.53. The predicted octanol–water partition coefficient (Wildman–Crippen LogP) is -0.842. The summed E-state index contributed by atoms with van der Waals surface area (Å²) in [5.41, 5.74) is 0. The highest BCUT2D eigenvalue weighted by Gasteiger charge is 2.13. The lowest BCUT2D eigenvalue weighted by atomic mass is 14.9. The quantitative estimate of drug-likeness (QED) is 0.298. The van der Waals surface area contributed by atoms with Crippen molar-refractivity contribution in [1.29, 1.82) is 0 Å². The summed E-state index contributed by atoms with van der Waals surface area (Å²) < 4.78 is 58.9. The molecule has 0 bridgehead atoms. The summed E-state index contributed by atoms with van der Waals surface area (Å²) in [6.45, 7) is 0. The summed E-state index contributed by atoms with van der Waals surface area (Å²) in [5, 5.41) is 0. The zero-order valence-electron chi connectivity index (χ0n) is 4.57. The minimum atomic E-state index is -5.02. The highest BCUT2D eigenvalue weighted by molar-refractivity contribution is 14.0. The van der Waals surface area contributed by atoms with Crippen molar-refractivity contribution in [3.8, 4) is 0 Å². The van der Waals surface area contributed by atoms with E-state index in [2.05, 4.69) is 8.67 Å². The van der Waals surface area contributed by atoms with E-state index in [4.69, 9.17) is 9.11 Å². The molecule has 0 spiro atoms. The molecule has 0 unspecified atom stereocenters. The summed E-state index contributed by atoms with van der Waals surface area (Å²) in [4.78, 5) is 0. The highest BCUT2D eigenvalue weighted by Crippen LogP contribution is 1.92. The average Bonchev–Trinajstić information content (AvgIpc) is 1.57. The standard InChI is InChI=1S/HI.H2O8S2/c;1-9(2,3)7-8-10(4,5)6/h1H;(H,1,2,3)(H,4,5,6). The van der Waals surface area contributed by atoms with Crippen molar-refractivity contribution in [3.05, 3.63) is 0 Å². The Hall–Kier alpha value is 0.470. The second kappa shape index (κ2) is 4.48. The third kappa shape index (κ3) is 13.5. The molecule has 0 radical (unpaired) electrons. The molecule has 8 nitrogen and oxygen atoms in total. The lowest BCUT2D eigenvalue weighted by molar-refractivity contribution is -0.105. The molecule has 0 fully saturated rings. The minimum Gasteiger partial charge on any atom is -0.262 e. The third-order valence-corrected chi connectivity index (χ3v) is 0.766. The van der Waals surface area contributed by atoms with Crippen LogP contribution in [0.2, 0.25) is 0 Å². The highest BCUT2D eigenvalue weighted by atomic mass is 127. The molecular weight excluding hydrogens is 319 g/mol. The first-order valence-corrected chi connectivity index (χ1v) is 4.26. The Balaban J connectivity index is 0. The van der Waals surface area contributed by atoms with Crippen LogP contribution in [0.15, 0.2) is 0 Å². The van der Waals surface area contributed by atoms with E-state index in [0.717, 1.165) is 0 Å². The van der Waals surface area contributed by atoms with Crippen LogP contribution in [0.25, 0.3) is 0 Å². The van der Waals surface area contributed by atoms with Crippen LogP contribution >= 0.6 is 24.0 Å². The van der Waals surface area contributed by atoms with Gasteiger partial charge >= 0.3 is 20.8 Å². The fourth-order valence-corrected chi connectivity index (χ4v) is 0.632. The van der Waals surface area contributed by atoms with Gasteiger partial charge in [0.15, 0.2) is 0 Å². The van der Waals surface area contributed by atoms with Gasteiger partial charge in [-0.3, -0.25) is 9.11 Å². The average molecular weight is 322 g/mol. The van der Waals surface area contributed by atoms with Gasteiger partial charge in [-0.15, -0.1) is 24.0 Å². The molecule has 0 aliphatic heterocycles. The van der Waals surface area contributed by atoms with Gasteiger partial charge in [-0.1, -0.05) is 8.67 Å². The second-order valence-electron chi connectivity index (χ2n) is 0.992. The molecular formula is H3IO8S2. The maximum atomic E-state index is 9.51. The molecule has 0 aromatic carbocycles. The maximum Gasteiger partial charge on any atom is 0.425 e. The summed E-state index contributed by atoms with van der Waals surface area (Å²) in [6.07, 6.45) is 0. The van der Waals surface area contributed by atoms with E-state index >= 15 is 0 Å². The molecule has 0 saturated heterocycles. The molecule has 0 heterocycles. The largest absolute Gasteiger partial charge is 0.425 e. The molecule has 70 valence electrons. The first-order valence-electron chi connectivity index (χ1n) is 1.53. The van der Waals surface area contributed by atoms with Gasteiger partial charge in [0.25, 0.3) is 0 Å². The Labute approximate surface area is 79.3 Å². The van der Waals surface area contributed by atoms with Crippen molar-refractivity contribution < 1.29 is 34.6 Å². The van der Waals surface area contributed by atoms with Crippen LogP contribution < -0.4 is 0 Å². The Morgan fingerprint density at radius 3 is 1.09 bits per heavy atom. The van der Waals surface area contributed by atoms with Crippen LogP contribution in [-0.2, 0) is 29.5 Å². The van der Waals surface area contributed by atoms with Crippen molar-refractivity contribution in [2.45, 2.75) is 0 Å². The maximum absolute atomic E-state index is 9.51. The SMILES string of the molecule is I.O=S(=O)(O)OOS(=O)(=O)O. The molecule has 11 heavy (non-hydrogen) atoms. The smallest absolute Gasteiger partial charge is 0.262 e.